The molecule has 8 nitrogen and oxygen atoms in total. The van der Waals surface area contributed by atoms with E-state index in [4.69, 9.17) is 0 Å². The molecular formula is C31H33N5O3S. The number of hydrogen-bond acceptors (Lipinski definition) is 7. The molecule has 1 unspecified atom stereocenters. The van der Waals surface area contributed by atoms with Gasteiger partial charge in [0, 0.05) is 41.6 Å². The van der Waals surface area contributed by atoms with Gasteiger partial charge in [-0.15, -0.1) is 11.8 Å². The second-order valence-electron chi connectivity index (χ2n) is 10.3. The van der Waals surface area contributed by atoms with Crippen molar-refractivity contribution in [1.29, 1.82) is 5.26 Å². The summed E-state index contributed by atoms with van der Waals surface area (Å²) in [6.07, 6.45) is 9.07. The molecule has 9 heteroatoms. The molecule has 3 aromatic rings. The summed E-state index contributed by atoms with van der Waals surface area (Å²) in [5.74, 6) is 0.213. The number of hydrogen-bond donors (Lipinski definition) is 2. The Morgan fingerprint density at radius 2 is 1.82 bits per heavy atom. The van der Waals surface area contributed by atoms with Crippen LogP contribution in [0, 0.1) is 11.3 Å². The first-order valence-corrected chi connectivity index (χ1v) is 15.0. The SMILES string of the molecule is N#Cc1cnc2ccccc2c1NCCCCCCCCSc1cccc2c1CN(C1CCC(=O)NC1=O)C2=O. The summed E-state index contributed by atoms with van der Waals surface area (Å²) in [4.78, 5) is 43.9. The number of imide groups is 1. The van der Waals surface area contributed by atoms with E-state index in [9.17, 15) is 19.6 Å². The van der Waals surface area contributed by atoms with Crippen LogP contribution in [0.5, 0.6) is 0 Å². The van der Waals surface area contributed by atoms with E-state index in [-0.39, 0.29) is 24.1 Å². The van der Waals surface area contributed by atoms with Crippen molar-refractivity contribution in [2.45, 2.75) is 68.8 Å². The Hall–Kier alpha value is -3.90. The molecule has 3 amide bonds. The lowest BCUT2D eigenvalue weighted by Gasteiger charge is -2.29. The van der Waals surface area contributed by atoms with Crippen LogP contribution in [-0.2, 0) is 16.1 Å². The van der Waals surface area contributed by atoms with Gasteiger partial charge in [-0.05, 0) is 48.8 Å². The third kappa shape index (κ3) is 6.13. The summed E-state index contributed by atoms with van der Waals surface area (Å²) >= 11 is 1.78. The number of nitrogens with one attached hydrogen (secondary N) is 2. The molecule has 0 aliphatic carbocycles. The van der Waals surface area contributed by atoms with E-state index >= 15 is 0 Å². The highest BCUT2D eigenvalue weighted by atomic mass is 32.2. The zero-order chi connectivity index (χ0) is 27.9. The van der Waals surface area contributed by atoms with Crippen LogP contribution in [-0.4, -0.2) is 45.9 Å². The number of carbonyl (C=O) groups excluding carboxylic acids is 3. The van der Waals surface area contributed by atoms with Crippen molar-refractivity contribution in [3.8, 4) is 6.07 Å². The van der Waals surface area contributed by atoms with Gasteiger partial charge in [-0.1, -0.05) is 49.9 Å². The Bertz CT molecular complexity index is 1470. The van der Waals surface area contributed by atoms with Crippen LogP contribution >= 0.6 is 11.8 Å². The molecule has 0 bridgehead atoms. The van der Waals surface area contributed by atoms with Crippen molar-refractivity contribution in [1.82, 2.24) is 15.2 Å². The molecule has 0 spiro atoms. The molecule has 2 aliphatic rings. The number of aromatic nitrogens is 1. The number of para-hydroxylation sites is 1. The van der Waals surface area contributed by atoms with Gasteiger partial charge in [0.1, 0.15) is 12.1 Å². The quantitative estimate of drug-likeness (QED) is 0.174. The van der Waals surface area contributed by atoms with Crippen LogP contribution < -0.4 is 10.6 Å². The first kappa shape index (κ1) is 27.7. The molecule has 2 N–H and O–H groups in total. The maximum absolute atomic E-state index is 13.0. The number of unbranched alkanes of at least 4 members (excludes halogenated alkanes) is 5. The first-order chi connectivity index (χ1) is 19.6. The normalized spacial score (nSPS) is 16.6. The highest BCUT2D eigenvalue weighted by molar-refractivity contribution is 7.99. The summed E-state index contributed by atoms with van der Waals surface area (Å²) in [7, 11) is 0. The second-order valence-corrected chi connectivity index (χ2v) is 11.4. The van der Waals surface area contributed by atoms with Crippen LogP contribution in [0.15, 0.2) is 53.6 Å². The lowest BCUT2D eigenvalue weighted by Crippen LogP contribution is -2.52. The van der Waals surface area contributed by atoms with Gasteiger partial charge in [0.25, 0.3) is 5.91 Å². The number of fused-ring (bicyclic) bond motifs is 2. The lowest BCUT2D eigenvalue weighted by atomic mass is 10.0. The van der Waals surface area contributed by atoms with Gasteiger partial charge < -0.3 is 10.2 Å². The smallest absolute Gasteiger partial charge is 0.255 e. The zero-order valence-electron chi connectivity index (χ0n) is 22.4. The zero-order valence-corrected chi connectivity index (χ0v) is 23.3. The third-order valence-electron chi connectivity index (χ3n) is 7.57. The van der Waals surface area contributed by atoms with E-state index in [2.05, 4.69) is 27.8 Å². The molecule has 1 fully saturated rings. The van der Waals surface area contributed by atoms with Crippen LogP contribution in [0.25, 0.3) is 10.9 Å². The number of thioether (sulfide) groups is 1. The Labute approximate surface area is 238 Å². The minimum Gasteiger partial charge on any atom is -0.383 e. The molecule has 5 rings (SSSR count). The number of piperidine rings is 1. The monoisotopic (exact) mass is 555 g/mol. The van der Waals surface area contributed by atoms with E-state index in [0.717, 1.165) is 65.0 Å². The van der Waals surface area contributed by atoms with Crippen molar-refractivity contribution < 1.29 is 14.4 Å². The number of benzene rings is 2. The molecule has 0 radical (unpaired) electrons. The van der Waals surface area contributed by atoms with Crippen molar-refractivity contribution in [3.63, 3.8) is 0 Å². The van der Waals surface area contributed by atoms with Crippen LogP contribution in [0.4, 0.5) is 5.69 Å². The molecule has 206 valence electrons. The largest absolute Gasteiger partial charge is 0.383 e. The fraction of sp³-hybridized carbons (Fsp3) is 0.387. The van der Waals surface area contributed by atoms with Gasteiger partial charge in [0.05, 0.1) is 16.8 Å². The molecule has 0 saturated carbocycles. The minimum atomic E-state index is -0.580. The molecule has 1 aromatic heterocycles. The second kappa shape index (κ2) is 13.0. The number of amides is 3. The van der Waals surface area contributed by atoms with Crippen molar-refractivity contribution in [2.75, 3.05) is 17.6 Å². The van der Waals surface area contributed by atoms with E-state index in [1.807, 2.05) is 36.4 Å². The van der Waals surface area contributed by atoms with Gasteiger partial charge >= 0.3 is 0 Å². The van der Waals surface area contributed by atoms with Gasteiger partial charge in [-0.3, -0.25) is 24.7 Å². The standard InChI is InChI=1S/C31H33N5O3S/c32-18-21-19-34-25-12-6-5-10-23(25)29(21)33-16-7-3-1-2-4-8-17-40-27-13-9-11-22-24(27)20-36(31(22)39)26-14-15-28(37)35-30(26)38/h5-6,9-13,19,26H,1-4,7-8,14-17,20H2,(H,33,34)(H,35,37,38). The highest BCUT2D eigenvalue weighted by Crippen LogP contribution is 2.35. The van der Waals surface area contributed by atoms with E-state index in [1.165, 1.54) is 12.8 Å². The van der Waals surface area contributed by atoms with E-state index in [1.54, 1.807) is 22.9 Å². The Kier molecular flexibility index (Phi) is 8.97. The molecule has 2 aromatic carbocycles. The fourth-order valence-electron chi connectivity index (χ4n) is 5.44. The van der Waals surface area contributed by atoms with Crippen LogP contribution in [0.1, 0.15) is 72.9 Å². The molecule has 1 saturated heterocycles. The molecule has 3 heterocycles. The number of anilines is 1. The van der Waals surface area contributed by atoms with Crippen molar-refractivity contribution in [2.24, 2.45) is 0 Å². The summed E-state index contributed by atoms with van der Waals surface area (Å²) in [5, 5.41) is 16.3. The average molecular weight is 556 g/mol. The summed E-state index contributed by atoms with van der Waals surface area (Å²) in [5.41, 5.74) is 4.01. The number of nitriles is 1. The topological polar surface area (TPSA) is 115 Å². The van der Waals surface area contributed by atoms with Gasteiger partial charge in [0.2, 0.25) is 11.8 Å². The number of carbonyl (C=O) groups is 3. The van der Waals surface area contributed by atoms with Crippen LogP contribution in [0.2, 0.25) is 0 Å². The predicted molar refractivity (Wildman–Crippen MR) is 156 cm³/mol. The van der Waals surface area contributed by atoms with Gasteiger partial charge in [-0.25, -0.2) is 0 Å². The summed E-state index contributed by atoms with van der Waals surface area (Å²) < 4.78 is 0. The number of rotatable bonds is 12. The fourth-order valence-corrected chi connectivity index (χ4v) is 6.53. The number of pyridine rings is 1. The maximum atomic E-state index is 13.0. The number of nitrogens with zero attached hydrogens (tertiary/aromatic N) is 3. The van der Waals surface area contributed by atoms with E-state index < -0.39 is 6.04 Å². The third-order valence-corrected chi connectivity index (χ3v) is 8.75. The van der Waals surface area contributed by atoms with Gasteiger partial charge in [0.15, 0.2) is 0 Å². The lowest BCUT2D eigenvalue weighted by molar-refractivity contribution is -0.136. The highest BCUT2D eigenvalue weighted by Gasteiger charge is 2.39. The Morgan fingerprint density at radius 1 is 1.02 bits per heavy atom. The Balaban J connectivity index is 1.01. The first-order valence-electron chi connectivity index (χ1n) is 14.0. The predicted octanol–water partition coefficient (Wildman–Crippen LogP) is 5.41. The maximum Gasteiger partial charge on any atom is 0.255 e. The molecule has 2 aliphatic heterocycles. The average Bonchev–Trinajstić information content (AvgIpc) is 3.30. The minimum absolute atomic E-state index is 0.123. The van der Waals surface area contributed by atoms with Crippen molar-refractivity contribution in [3.05, 3.63) is 65.4 Å². The summed E-state index contributed by atoms with van der Waals surface area (Å²) in [6, 6.07) is 15.3. The Morgan fingerprint density at radius 3 is 2.65 bits per heavy atom. The molecule has 1 atom stereocenters. The molecule has 40 heavy (non-hydrogen) atoms. The van der Waals surface area contributed by atoms with Gasteiger partial charge in [-0.2, -0.15) is 5.26 Å². The van der Waals surface area contributed by atoms with E-state index in [0.29, 0.717) is 24.1 Å². The van der Waals surface area contributed by atoms with Crippen molar-refractivity contribution >= 4 is 46.1 Å². The molecular weight excluding hydrogens is 522 g/mol. The summed E-state index contributed by atoms with van der Waals surface area (Å²) in [6.45, 7) is 1.25. The van der Waals surface area contributed by atoms with Crippen LogP contribution in [0.3, 0.4) is 0 Å².